The number of rotatable bonds is 3. The second kappa shape index (κ2) is 7.25. The molecule has 4 rings (SSSR count). The molecule has 2 heterocycles. The maximum atomic E-state index is 12.3. The Morgan fingerprint density at radius 2 is 1.96 bits per heavy atom. The molecule has 0 radical (unpaired) electrons. The molecule has 0 unspecified atom stereocenters. The third-order valence-electron chi connectivity index (χ3n) is 5.04. The summed E-state index contributed by atoms with van der Waals surface area (Å²) in [5.41, 5.74) is 13.5. The van der Waals surface area contributed by atoms with Crippen molar-refractivity contribution in [3.05, 3.63) is 42.0 Å². The topological polar surface area (TPSA) is 95.6 Å². The second-order valence-electron chi connectivity index (χ2n) is 6.64. The summed E-state index contributed by atoms with van der Waals surface area (Å²) >= 11 is 1.73. The molecule has 140 valence electrons. The van der Waals surface area contributed by atoms with Gasteiger partial charge in [0.05, 0.1) is 11.0 Å². The molecule has 3 aromatic rings. The molecule has 0 atom stereocenters. The Balaban J connectivity index is 2.00. The van der Waals surface area contributed by atoms with Crippen molar-refractivity contribution in [2.45, 2.75) is 23.8 Å². The predicted octanol–water partition coefficient (Wildman–Crippen LogP) is 3.28. The quantitative estimate of drug-likeness (QED) is 0.412. The first kappa shape index (κ1) is 17.9. The average molecular weight is 382 g/mol. The average Bonchev–Trinajstić information content (AvgIpc) is 3.01. The van der Waals surface area contributed by atoms with Crippen LogP contribution in [0.25, 0.3) is 21.8 Å². The number of hydrogen-bond acceptors (Lipinski definition) is 3. The van der Waals surface area contributed by atoms with Gasteiger partial charge in [0.2, 0.25) is 0 Å². The van der Waals surface area contributed by atoms with E-state index in [0.717, 1.165) is 37.0 Å². The number of nitrogens with two attached hydrogens (primary N) is 2. The summed E-state index contributed by atoms with van der Waals surface area (Å²) in [5.74, 6) is -0.652. The van der Waals surface area contributed by atoms with E-state index >= 15 is 0 Å². The first-order chi connectivity index (χ1) is 13.1. The monoisotopic (exact) mass is 382 g/mol. The highest BCUT2D eigenvalue weighted by Crippen LogP contribution is 2.39. The fourth-order valence-electron chi connectivity index (χ4n) is 3.88. The molecule has 0 saturated carbocycles. The summed E-state index contributed by atoms with van der Waals surface area (Å²) in [5, 5.41) is 2.37. The number of hydrogen-bond donors (Lipinski definition) is 2. The number of thioether (sulfide) groups is 1. The van der Waals surface area contributed by atoms with Crippen LogP contribution < -0.4 is 11.5 Å². The van der Waals surface area contributed by atoms with Crippen LogP contribution in [0.15, 0.2) is 46.3 Å². The van der Waals surface area contributed by atoms with Gasteiger partial charge < -0.3 is 20.8 Å². The minimum atomic E-state index is -0.425. The van der Waals surface area contributed by atoms with E-state index in [-0.39, 0.29) is 5.96 Å². The zero-order valence-electron chi connectivity index (χ0n) is 15.1. The first-order valence-corrected chi connectivity index (χ1v) is 10.1. The van der Waals surface area contributed by atoms with Crippen molar-refractivity contribution >= 4 is 45.4 Å². The van der Waals surface area contributed by atoms with Crippen molar-refractivity contribution in [2.75, 3.05) is 19.5 Å². The highest BCUT2D eigenvalue weighted by atomic mass is 32.2. The summed E-state index contributed by atoms with van der Waals surface area (Å²) < 4.78 is 7.92. The van der Waals surface area contributed by atoms with E-state index in [1.807, 2.05) is 12.1 Å². The number of aliphatic imine (C=N–C) groups is 1. The number of fused-ring (bicyclic) bond motifs is 3. The molecule has 0 bridgehead atoms. The van der Waals surface area contributed by atoms with Crippen LogP contribution in [-0.2, 0) is 4.74 Å². The van der Waals surface area contributed by atoms with Gasteiger partial charge in [-0.25, -0.2) is 0 Å². The Morgan fingerprint density at radius 1 is 1.19 bits per heavy atom. The van der Waals surface area contributed by atoms with Crippen LogP contribution in [0.5, 0.6) is 0 Å². The van der Waals surface area contributed by atoms with Crippen LogP contribution in [0, 0.1) is 0 Å². The van der Waals surface area contributed by atoms with Gasteiger partial charge in [-0.15, -0.1) is 11.8 Å². The number of benzene rings is 2. The van der Waals surface area contributed by atoms with Crippen LogP contribution in [0.3, 0.4) is 0 Å². The van der Waals surface area contributed by atoms with Crippen molar-refractivity contribution < 1.29 is 9.53 Å². The van der Waals surface area contributed by atoms with E-state index in [9.17, 15) is 4.79 Å². The summed E-state index contributed by atoms with van der Waals surface area (Å²) in [6.45, 7) is 1.50. The molecule has 1 fully saturated rings. The van der Waals surface area contributed by atoms with Crippen molar-refractivity contribution in [3.8, 4) is 0 Å². The number of amides is 1. The van der Waals surface area contributed by atoms with Gasteiger partial charge in [-0.3, -0.25) is 4.79 Å². The molecule has 4 N–H and O–H groups in total. The highest BCUT2D eigenvalue weighted by molar-refractivity contribution is 7.98. The first-order valence-electron chi connectivity index (χ1n) is 8.92. The molecule has 1 aliphatic heterocycles. The van der Waals surface area contributed by atoms with Crippen molar-refractivity contribution in [1.82, 2.24) is 4.57 Å². The predicted molar refractivity (Wildman–Crippen MR) is 110 cm³/mol. The lowest BCUT2D eigenvalue weighted by Gasteiger charge is -2.25. The molecule has 1 aromatic heterocycles. The van der Waals surface area contributed by atoms with Gasteiger partial charge in [-0.2, -0.15) is 4.99 Å². The van der Waals surface area contributed by atoms with Gasteiger partial charge in [0, 0.05) is 40.5 Å². The van der Waals surface area contributed by atoms with Gasteiger partial charge in [0.25, 0.3) is 5.91 Å². The van der Waals surface area contributed by atoms with Crippen molar-refractivity contribution in [2.24, 2.45) is 16.5 Å². The molecule has 1 aliphatic rings. The van der Waals surface area contributed by atoms with E-state index in [1.165, 1.54) is 15.8 Å². The maximum Gasteiger partial charge on any atom is 0.280 e. The Hall–Kier alpha value is -2.51. The molecule has 0 spiro atoms. The molecule has 1 amide bonds. The number of carbonyl (C=O) groups is 1. The molecule has 0 aliphatic carbocycles. The van der Waals surface area contributed by atoms with Gasteiger partial charge >= 0.3 is 0 Å². The summed E-state index contributed by atoms with van der Waals surface area (Å²) in [7, 11) is 0. The number of guanidine groups is 1. The van der Waals surface area contributed by atoms with Gasteiger partial charge in [-0.1, -0.05) is 12.1 Å². The molecule has 6 nitrogen and oxygen atoms in total. The highest BCUT2D eigenvalue weighted by Gasteiger charge is 2.23. The van der Waals surface area contributed by atoms with Crippen LogP contribution in [0.1, 0.15) is 29.2 Å². The smallest absolute Gasteiger partial charge is 0.280 e. The summed E-state index contributed by atoms with van der Waals surface area (Å²) in [6, 6.07) is 12.4. The molecular weight excluding hydrogens is 360 g/mol. The number of nitrogens with zero attached hydrogens (tertiary/aromatic N) is 2. The minimum absolute atomic E-state index is 0.227. The lowest BCUT2D eigenvalue weighted by atomic mass is 10.1. The Bertz CT molecular complexity index is 1050. The third-order valence-corrected chi connectivity index (χ3v) is 5.82. The Kier molecular flexibility index (Phi) is 4.80. The van der Waals surface area contributed by atoms with Gasteiger partial charge in [0.1, 0.15) is 0 Å². The summed E-state index contributed by atoms with van der Waals surface area (Å²) in [6.07, 6.45) is 3.99. The van der Waals surface area contributed by atoms with Crippen LogP contribution in [0.2, 0.25) is 0 Å². The fourth-order valence-corrected chi connectivity index (χ4v) is 4.52. The summed E-state index contributed by atoms with van der Waals surface area (Å²) in [4.78, 5) is 17.3. The van der Waals surface area contributed by atoms with Crippen molar-refractivity contribution in [1.29, 1.82) is 0 Å². The fraction of sp³-hybridized carbons (Fsp3) is 0.300. The van der Waals surface area contributed by atoms with Gasteiger partial charge in [-0.05, 0) is 43.4 Å². The second-order valence-corrected chi connectivity index (χ2v) is 7.49. The third kappa shape index (κ3) is 3.17. The van der Waals surface area contributed by atoms with E-state index in [1.54, 1.807) is 17.8 Å². The molecular formula is C20H22N4O2S. The van der Waals surface area contributed by atoms with Gasteiger partial charge in [0.15, 0.2) is 5.96 Å². The van der Waals surface area contributed by atoms with E-state index in [4.69, 9.17) is 16.2 Å². The largest absolute Gasteiger partial charge is 0.381 e. The Morgan fingerprint density at radius 3 is 2.67 bits per heavy atom. The number of carbonyl (C=O) groups excluding carboxylic acids is 1. The van der Waals surface area contributed by atoms with E-state index in [2.05, 4.69) is 34.0 Å². The molecule has 27 heavy (non-hydrogen) atoms. The van der Waals surface area contributed by atoms with E-state index < -0.39 is 5.91 Å². The van der Waals surface area contributed by atoms with Crippen molar-refractivity contribution in [3.63, 3.8) is 0 Å². The Labute approximate surface area is 161 Å². The lowest BCUT2D eigenvalue weighted by molar-refractivity contribution is 0.0717. The molecule has 7 heteroatoms. The zero-order valence-corrected chi connectivity index (χ0v) is 16.0. The maximum absolute atomic E-state index is 12.3. The van der Waals surface area contributed by atoms with Crippen LogP contribution >= 0.6 is 11.8 Å². The van der Waals surface area contributed by atoms with Crippen LogP contribution in [-0.4, -0.2) is 35.9 Å². The number of ether oxygens (including phenoxy) is 1. The standard InChI is InChI=1S/C20H22N4O2S/c1-27-17-4-2-3-15-18(17)14-6-5-12(19(25)23-20(21)22)11-16(14)24(15)13-7-9-26-10-8-13/h2-6,11,13H,7-10H2,1H3,(H4,21,22,23,25). The molecule has 2 aromatic carbocycles. The minimum Gasteiger partial charge on any atom is -0.381 e. The normalized spacial score (nSPS) is 15.3. The molecule has 1 saturated heterocycles. The SMILES string of the molecule is CSc1cccc2c1c1ccc(C(=O)N=C(N)N)cc1n2C1CCOCC1. The lowest BCUT2D eigenvalue weighted by Crippen LogP contribution is -2.24. The van der Waals surface area contributed by atoms with Crippen LogP contribution in [0.4, 0.5) is 0 Å². The van der Waals surface area contributed by atoms with E-state index in [0.29, 0.717) is 11.6 Å². The zero-order chi connectivity index (χ0) is 19.0. The number of aromatic nitrogens is 1.